The number of rotatable bonds is 1. The second kappa shape index (κ2) is 4.23. The third kappa shape index (κ3) is 2.00. The highest BCUT2D eigenvalue weighted by molar-refractivity contribution is 6.31. The zero-order valence-corrected chi connectivity index (χ0v) is 9.38. The van der Waals surface area contributed by atoms with Gasteiger partial charge in [0.2, 0.25) is 0 Å². The SMILES string of the molecule is COC(=O)C1CCc2cccc(Cl)c2C1. The van der Waals surface area contributed by atoms with Crippen molar-refractivity contribution in [3.63, 3.8) is 0 Å². The minimum Gasteiger partial charge on any atom is -0.469 e. The fourth-order valence-electron chi connectivity index (χ4n) is 2.11. The van der Waals surface area contributed by atoms with Gasteiger partial charge in [0, 0.05) is 5.02 Å². The molecular formula is C12H13ClO2. The van der Waals surface area contributed by atoms with Crippen LogP contribution in [-0.4, -0.2) is 13.1 Å². The first-order valence-corrected chi connectivity index (χ1v) is 5.44. The summed E-state index contributed by atoms with van der Waals surface area (Å²) in [6.45, 7) is 0. The van der Waals surface area contributed by atoms with E-state index in [-0.39, 0.29) is 11.9 Å². The van der Waals surface area contributed by atoms with Crippen molar-refractivity contribution in [3.8, 4) is 0 Å². The molecule has 0 saturated carbocycles. The zero-order valence-electron chi connectivity index (χ0n) is 8.63. The summed E-state index contributed by atoms with van der Waals surface area (Å²) in [6, 6.07) is 5.91. The normalized spacial score (nSPS) is 19.5. The molecule has 0 bridgehead atoms. The van der Waals surface area contributed by atoms with E-state index in [4.69, 9.17) is 16.3 Å². The summed E-state index contributed by atoms with van der Waals surface area (Å²) in [7, 11) is 1.43. The van der Waals surface area contributed by atoms with E-state index in [1.807, 2.05) is 12.1 Å². The van der Waals surface area contributed by atoms with Crippen LogP contribution in [0.4, 0.5) is 0 Å². The van der Waals surface area contributed by atoms with Gasteiger partial charge in [0.05, 0.1) is 13.0 Å². The van der Waals surface area contributed by atoms with Crippen LogP contribution < -0.4 is 0 Å². The molecule has 1 atom stereocenters. The number of hydrogen-bond acceptors (Lipinski definition) is 2. The molecule has 1 aromatic rings. The smallest absolute Gasteiger partial charge is 0.309 e. The molecular weight excluding hydrogens is 212 g/mol. The summed E-state index contributed by atoms with van der Waals surface area (Å²) in [5.41, 5.74) is 2.38. The number of benzene rings is 1. The highest BCUT2D eigenvalue weighted by Gasteiger charge is 2.26. The standard InChI is InChI=1S/C12H13ClO2/c1-15-12(14)9-6-5-8-3-2-4-11(13)10(8)7-9/h2-4,9H,5-7H2,1H3. The van der Waals surface area contributed by atoms with Gasteiger partial charge in [-0.3, -0.25) is 4.79 Å². The van der Waals surface area contributed by atoms with E-state index in [1.165, 1.54) is 12.7 Å². The van der Waals surface area contributed by atoms with Crippen molar-refractivity contribution in [1.82, 2.24) is 0 Å². The van der Waals surface area contributed by atoms with E-state index >= 15 is 0 Å². The van der Waals surface area contributed by atoms with Crippen molar-refractivity contribution < 1.29 is 9.53 Å². The lowest BCUT2D eigenvalue weighted by Crippen LogP contribution is -2.23. The van der Waals surface area contributed by atoms with Crippen LogP contribution in [0.2, 0.25) is 5.02 Å². The third-order valence-corrected chi connectivity index (χ3v) is 3.32. The first kappa shape index (κ1) is 10.5. The molecule has 0 fully saturated rings. The maximum Gasteiger partial charge on any atom is 0.309 e. The lowest BCUT2D eigenvalue weighted by molar-refractivity contribution is -0.145. The number of methoxy groups -OCH3 is 1. The quantitative estimate of drug-likeness (QED) is 0.686. The molecule has 0 amide bonds. The molecule has 15 heavy (non-hydrogen) atoms. The molecule has 2 rings (SSSR count). The van der Waals surface area contributed by atoms with E-state index in [0.717, 1.165) is 23.4 Å². The van der Waals surface area contributed by atoms with Gasteiger partial charge in [-0.25, -0.2) is 0 Å². The largest absolute Gasteiger partial charge is 0.469 e. The van der Waals surface area contributed by atoms with Crippen LogP contribution >= 0.6 is 11.6 Å². The van der Waals surface area contributed by atoms with Gasteiger partial charge >= 0.3 is 5.97 Å². The van der Waals surface area contributed by atoms with E-state index in [0.29, 0.717) is 6.42 Å². The number of hydrogen-bond donors (Lipinski definition) is 0. The van der Waals surface area contributed by atoms with Crippen LogP contribution in [0.1, 0.15) is 17.5 Å². The molecule has 1 aromatic carbocycles. The molecule has 0 radical (unpaired) electrons. The highest BCUT2D eigenvalue weighted by atomic mass is 35.5. The Morgan fingerprint density at radius 1 is 1.53 bits per heavy atom. The molecule has 3 heteroatoms. The molecule has 1 aliphatic carbocycles. The molecule has 0 aliphatic heterocycles. The monoisotopic (exact) mass is 224 g/mol. The third-order valence-electron chi connectivity index (χ3n) is 2.96. The van der Waals surface area contributed by atoms with Crippen LogP contribution in [0.3, 0.4) is 0 Å². The Hall–Kier alpha value is -1.02. The number of halogens is 1. The lowest BCUT2D eigenvalue weighted by atomic mass is 9.84. The summed E-state index contributed by atoms with van der Waals surface area (Å²) in [5, 5.41) is 0.765. The maximum atomic E-state index is 11.4. The van der Waals surface area contributed by atoms with Gasteiger partial charge in [-0.15, -0.1) is 0 Å². The number of esters is 1. The van der Waals surface area contributed by atoms with Crippen LogP contribution in [0, 0.1) is 5.92 Å². The van der Waals surface area contributed by atoms with Crippen LogP contribution in [-0.2, 0) is 22.4 Å². The Bertz CT molecular complexity index is 387. The van der Waals surface area contributed by atoms with Crippen molar-refractivity contribution in [2.45, 2.75) is 19.3 Å². The van der Waals surface area contributed by atoms with Gasteiger partial charge in [-0.05, 0) is 36.5 Å². The predicted octanol–water partition coefficient (Wildman–Crippen LogP) is 2.62. The number of ether oxygens (including phenoxy) is 1. The average molecular weight is 225 g/mol. The minimum atomic E-state index is -0.124. The second-order valence-corrected chi connectivity index (χ2v) is 4.25. The van der Waals surface area contributed by atoms with Gasteiger partial charge in [0.15, 0.2) is 0 Å². The van der Waals surface area contributed by atoms with Gasteiger partial charge < -0.3 is 4.74 Å². The summed E-state index contributed by atoms with van der Waals surface area (Å²) in [6.07, 6.45) is 2.48. The van der Waals surface area contributed by atoms with Crippen LogP contribution in [0.15, 0.2) is 18.2 Å². The molecule has 0 saturated heterocycles. The number of aryl methyl sites for hydroxylation is 1. The van der Waals surface area contributed by atoms with Crippen molar-refractivity contribution in [1.29, 1.82) is 0 Å². The highest BCUT2D eigenvalue weighted by Crippen LogP contribution is 2.31. The number of carbonyl (C=O) groups excluding carboxylic acids is 1. The lowest BCUT2D eigenvalue weighted by Gasteiger charge is -2.23. The average Bonchev–Trinajstić information content (AvgIpc) is 2.28. The summed E-state index contributed by atoms with van der Waals surface area (Å²) in [5.74, 6) is -0.150. The Balaban J connectivity index is 2.26. The van der Waals surface area contributed by atoms with Crippen LogP contribution in [0.25, 0.3) is 0 Å². The Labute approximate surface area is 94.2 Å². The molecule has 2 nitrogen and oxygen atoms in total. The first-order chi connectivity index (χ1) is 7.22. The van der Waals surface area contributed by atoms with Crippen LogP contribution in [0.5, 0.6) is 0 Å². The molecule has 0 N–H and O–H groups in total. The zero-order chi connectivity index (χ0) is 10.8. The minimum absolute atomic E-state index is 0.0256. The molecule has 80 valence electrons. The van der Waals surface area contributed by atoms with E-state index in [1.54, 1.807) is 0 Å². The van der Waals surface area contributed by atoms with E-state index in [2.05, 4.69) is 6.07 Å². The molecule has 1 aliphatic rings. The summed E-state index contributed by atoms with van der Waals surface area (Å²) in [4.78, 5) is 11.4. The summed E-state index contributed by atoms with van der Waals surface area (Å²) >= 11 is 6.10. The Kier molecular flexibility index (Phi) is 2.96. The molecule has 1 unspecified atom stereocenters. The molecule has 0 aromatic heterocycles. The van der Waals surface area contributed by atoms with Crippen molar-refractivity contribution in [2.24, 2.45) is 5.92 Å². The number of carbonyl (C=O) groups is 1. The predicted molar refractivity (Wildman–Crippen MR) is 59.0 cm³/mol. The van der Waals surface area contributed by atoms with Gasteiger partial charge in [0.25, 0.3) is 0 Å². The Morgan fingerprint density at radius 3 is 3.07 bits per heavy atom. The van der Waals surface area contributed by atoms with E-state index in [9.17, 15) is 4.79 Å². The second-order valence-electron chi connectivity index (χ2n) is 3.84. The van der Waals surface area contributed by atoms with Crippen molar-refractivity contribution >= 4 is 17.6 Å². The van der Waals surface area contributed by atoms with Crippen molar-refractivity contribution in [3.05, 3.63) is 34.3 Å². The Morgan fingerprint density at radius 2 is 2.33 bits per heavy atom. The topological polar surface area (TPSA) is 26.3 Å². The summed E-state index contributed by atoms with van der Waals surface area (Å²) < 4.78 is 4.76. The first-order valence-electron chi connectivity index (χ1n) is 5.06. The molecule has 0 spiro atoms. The fourth-order valence-corrected chi connectivity index (χ4v) is 2.38. The van der Waals surface area contributed by atoms with Gasteiger partial charge in [-0.2, -0.15) is 0 Å². The molecule has 0 heterocycles. The maximum absolute atomic E-state index is 11.4. The van der Waals surface area contributed by atoms with Gasteiger partial charge in [0.1, 0.15) is 0 Å². The van der Waals surface area contributed by atoms with Crippen molar-refractivity contribution in [2.75, 3.05) is 7.11 Å². The van der Waals surface area contributed by atoms with Gasteiger partial charge in [-0.1, -0.05) is 23.7 Å². The fraction of sp³-hybridized carbons (Fsp3) is 0.417. The number of fused-ring (bicyclic) bond motifs is 1. The van der Waals surface area contributed by atoms with E-state index < -0.39 is 0 Å².